The summed E-state index contributed by atoms with van der Waals surface area (Å²) < 4.78 is 0.326. The SMILES string of the molecule is Cc1ccc(CSC(C)(C)C)nc1. The van der Waals surface area contributed by atoms with Crippen LogP contribution in [-0.4, -0.2) is 9.73 Å². The molecule has 0 N–H and O–H groups in total. The molecule has 0 spiro atoms. The summed E-state index contributed by atoms with van der Waals surface area (Å²) in [7, 11) is 0. The zero-order valence-electron chi connectivity index (χ0n) is 8.79. The van der Waals surface area contributed by atoms with Gasteiger partial charge < -0.3 is 0 Å². The van der Waals surface area contributed by atoms with E-state index in [0.717, 1.165) is 5.75 Å². The van der Waals surface area contributed by atoms with Gasteiger partial charge in [0.1, 0.15) is 0 Å². The topological polar surface area (TPSA) is 12.9 Å². The molecule has 0 aromatic carbocycles. The first-order valence-electron chi connectivity index (χ1n) is 4.53. The van der Waals surface area contributed by atoms with E-state index in [9.17, 15) is 0 Å². The van der Waals surface area contributed by atoms with Gasteiger partial charge in [-0.1, -0.05) is 26.8 Å². The fourth-order valence-corrected chi connectivity index (χ4v) is 1.63. The maximum absolute atomic E-state index is 4.36. The van der Waals surface area contributed by atoms with Gasteiger partial charge in [0.25, 0.3) is 0 Å². The van der Waals surface area contributed by atoms with Crippen molar-refractivity contribution >= 4 is 11.8 Å². The largest absolute Gasteiger partial charge is 0.260 e. The number of hydrogen-bond acceptors (Lipinski definition) is 2. The zero-order chi connectivity index (χ0) is 9.90. The van der Waals surface area contributed by atoms with Crippen LogP contribution in [0.25, 0.3) is 0 Å². The molecular formula is C11H17NS. The van der Waals surface area contributed by atoms with Crippen LogP contribution in [0.2, 0.25) is 0 Å². The highest BCUT2D eigenvalue weighted by molar-refractivity contribution is 7.99. The molecule has 1 aromatic heterocycles. The van der Waals surface area contributed by atoms with Gasteiger partial charge in [-0.3, -0.25) is 4.98 Å². The third-order valence-electron chi connectivity index (χ3n) is 1.63. The van der Waals surface area contributed by atoms with Gasteiger partial charge in [0, 0.05) is 16.7 Å². The van der Waals surface area contributed by atoms with Crippen LogP contribution < -0.4 is 0 Å². The minimum Gasteiger partial charge on any atom is -0.260 e. The molecule has 1 heterocycles. The molecule has 0 radical (unpaired) electrons. The molecule has 2 heteroatoms. The molecule has 0 aliphatic heterocycles. The summed E-state index contributed by atoms with van der Waals surface area (Å²) in [6.07, 6.45) is 1.93. The third-order valence-corrected chi connectivity index (χ3v) is 2.93. The summed E-state index contributed by atoms with van der Waals surface area (Å²) in [6, 6.07) is 4.22. The molecule has 0 amide bonds. The quantitative estimate of drug-likeness (QED) is 0.717. The number of thioether (sulfide) groups is 1. The average Bonchev–Trinajstić information content (AvgIpc) is 2.02. The first kappa shape index (κ1) is 10.6. The maximum atomic E-state index is 4.36. The fraction of sp³-hybridized carbons (Fsp3) is 0.545. The zero-order valence-corrected chi connectivity index (χ0v) is 9.61. The summed E-state index contributed by atoms with van der Waals surface area (Å²) in [5.74, 6) is 1.00. The Kier molecular flexibility index (Phi) is 3.37. The van der Waals surface area contributed by atoms with Crippen LogP contribution >= 0.6 is 11.8 Å². The van der Waals surface area contributed by atoms with Gasteiger partial charge in [0.05, 0.1) is 5.69 Å². The molecule has 0 fully saturated rings. The molecule has 1 aromatic rings. The van der Waals surface area contributed by atoms with Crippen molar-refractivity contribution in [2.75, 3.05) is 0 Å². The van der Waals surface area contributed by atoms with Crippen LogP contribution in [0.4, 0.5) is 0 Å². The summed E-state index contributed by atoms with van der Waals surface area (Å²) in [6.45, 7) is 8.75. The second-order valence-corrected chi connectivity index (χ2v) is 6.03. The molecule has 13 heavy (non-hydrogen) atoms. The van der Waals surface area contributed by atoms with Gasteiger partial charge in [0.2, 0.25) is 0 Å². The summed E-state index contributed by atoms with van der Waals surface area (Å²) in [5.41, 5.74) is 2.40. The number of hydrogen-bond donors (Lipinski definition) is 0. The lowest BCUT2D eigenvalue weighted by Gasteiger charge is -2.16. The number of aromatic nitrogens is 1. The second kappa shape index (κ2) is 4.14. The van der Waals surface area contributed by atoms with Gasteiger partial charge in [-0.15, -0.1) is 11.8 Å². The van der Waals surface area contributed by atoms with Crippen LogP contribution in [0.15, 0.2) is 18.3 Å². The van der Waals surface area contributed by atoms with E-state index in [0.29, 0.717) is 4.75 Å². The van der Waals surface area contributed by atoms with Crippen LogP contribution in [0.5, 0.6) is 0 Å². The Morgan fingerprint density at radius 3 is 2.46 bits per heavy atom. The number of aryl methyl sites for hydroxylation is 1. The van der Waals surface area contributed by atoms with Crippen molar-refractivity contribution in [3.8, 4) is 0 Å². The van der Waals surface area contributed by atoms with E-state index >= 15 is 0 Å². The van der Waals surface area contributed by atoms with Gasteiger partial charge >= 0.3 is 0 Å². The molecule has 0 unspecified atom stereocenters. The van der Waals surface area contributed by atoms with Gasteiger partial charge in [-0.05, 0) is 18.6 Å². The van der Waals surface area contributed by atoms with Crippen molar-refractivity contribution < 1.29 is 0 Å². The number of rotatable bonds is 2. The molecular weight excluding hydrogens is 178 g/mol. The molecule has 0 bridgehead atoms. The van der Waals surface area contributed by atoms with E-state index in [4.69, 9.17) is 0 Å². The predicted molar refractivity (Wildman–Crippen MR) is 60.0 cm³/mol. The Bertz CT molecular complexity index is 258. The summed E-state index contributed by atoms with van der Waals surface area (Å²) in [4.78, 5) is 4.36. The fourth-order valence-electron chi connectivity index (χ4n) is 0.874. The van der Waals surface area contributed by atoms with Crippen molar-refractivity contribution in [3.63, 3.8) is 0 Å². The molecule has 72 valence electrons. The Morgan fingerprint density at radius 2 is 2.00 bits per heavy atom. The Morgan fingerprint density at radius 1 is 1.31 bits per heavy atom. The highest BCUT2D eigenvalue weighted by atomic mass is 32.2. The van der Waals surface area contributed by atoms with E-state index in [1.54, 1.807) is 0 Å². The van der Waals surface area contributed by atoms with E-state index in [-0.39, 0.29) is 0 Å². The molecule has 0 atom stereocenters. The molecule has 0 saturated heterocycles. The highest BCUT2D eigenvalue weighted by Crippen LogP contribution is 2.26. The average molecular weight is 195 g/mol. The summed E-state index contributed by atoms with van der Waals surface area (Å²) >= 11 is 1.93. The van der Waals surface area contributed by atoms with Crippen molar-refractivity contribution in [3.05, 3.63) is 29.6 Å². The van der Waals surface area contributed by atoms with Crippen LogP contribution in [0, 0.1) is 6.92 Å². The molecule has 0 saturated carbocycles. The smallest absolute Gasteiger partial charge is 0.0503 e. The van der Waals surface area contributed by atoms with E-state index in [2.05, 4.69) is 44.8 Å². The van der Waals surface area contributed by atoms with Gasteiger partial charge in [-0.25, -0.2) is 0 Å². The lowest BCUT2D eigenvalue weighted by atomic mass is 10.3. The van der Waals surface area contributed by atoms with Crippen molar-refractivity contribution in [2.24, 2.45) is 0 Å². The Hall–Kier alpha value is -0.500. The Labute approximate surface area is 85.0 Å². The number of pyridine rings is 1. The van der Waals surface area contributed by atoms with E-state index in [1.165, 1.54) is 11.3 Å². The Balaban J connectivity index is 2.51. The van der Waals surface area contributed by atoms with Gasteiger partial charge in [-0.2, -0.15) is 0 Å². The van der Waals surface area contributed by atoms with Gasteiger partial charge in [0.15, 0.2) is 0 Å². The molecule has 0 aliphatic carbocycles. The number of nitrogens with zero attached hydrogens (tertiary/aromatic N) is 1. The lowest BCUT2D eigenvalue weighted by Crippen LogP contribution is -2.07. The first-order chi connectivity index (χ1) is 5.97. The van der Waals surface area contributed by atoms with E-state index < -0.39 is 0 Å². The molecule has 1 rings (SSSR count). The predicted octanol–water partition coefficient (Wildman–Crippen LogP) is 3.42. The van der Waals surface area contributed by atoms with Crippen molar-refractivity contribution in [2.45, 2.75) is 38.2 Å². The first-order valence-corrected chi connectivity index (χ1v) is 5.51. The molecule has 0 aliphatic rings. The minimum atomic E-state index is 0.326. The molecule has 1 nitrogen and oxygen atoms in total. The van der Waals surface area contributed by atoms with Crippen molar-refractivity contribution in [1.29, 1.82) is 0 Å². The van der Waals surface area contributed by atoms with Crippen molar-refractivity contribution in [1.82, 2.24) is 4.98 Å². The van der Waals surface area contributed by atoms with Crippen LogP contribution in [0.3, 0.4) is 0 Å². The summed E-state index contributed by atoms with van der Waals surface area (Å²) in [5, 5.41) is 0. The maximum Gasteiger partial charge on any atom is 0.0503 e. The lowest BCUT2D eigenvalue weighted by molar-refractivity contribution is 0.801. The monoisotopic (exact) mass is 195 g/mol. The third kappa shape index (κ3) is 4.32. The van der Waals surface area contributed by atoms with Crippen LogP contribution in [-0.2, 0) is 5.75 Å². The van der Waals surface area contributed by atoms with E-state index in [1.807, 2.05) is 18.0 Å². The second-order valence-electron chi connectivity index (χ2n) is 4.23. The minimum absolute atomic E-state index is 0.326. The van der Waals surface area contributed by atoms with Crippen LogP contribution in [0.1, 0.15) is 32.0 Å². The normalized spacial score (nSPS) is 11.7. The standard InChI is InChI=1S/C11H17NS/c1-9-5-6-10(12-7-9)8-13-11(2,3)4/h5-7H,8H2,1-4H3. The highest BCUT2D eigenvalue weighted by Gasteiger charge is 2.10.